The Hall–Kier alpha value is -0.470. The van der Waals surface area contributed by atoms with Crippen molar-refractivity contribution < 1.29 is 8.42 Å². The molecule has 0 aliphatic heterocycles. The summed E-state index contributed by atoms with van der Waals surface area (Å²) in [6.45, 7) is 2.31. The van der Waals surface area contributed by atoms with Crippen LogP contribution in [0.2, 0.25) is 5.02 Å². The van der Waals surface area contributed by atoms with Gasteiger partial charge in [0.15, 0.2) is 0 Å². The first-order valence-electron chi connectivity index (χ1n) is 6.17. The maximum absolute atomic E-state index is 11.4. The molecular weight excluding hydrogens is 396 g/mol. The lowest BCUT2D eigenvalue weighted by Crippen LogP contribution is -2.26. The molecule has 1 aromatic carbocycles. The predicted molar refractivity (Wildman–Crippen MR) is 91.7 cm³/mol. The number of nitrogens with zero attached hydrogens (tertiary/aromatic N) is 1. The summed E-state index contributed by atoms with van der Waals surface area (Å²) in [6, 6.07) is 7.52. The number of sulfonamides is 1. The van der Waals surface area contributed by atoms with E-state index in [1.165, 1.54) is 0 Å². The first kappa shape index (κ1) is 16.9. The first-order chi connectivity index (χ1) is 9.91. The van der Waals surface area contributed by atoms with Crippen LogP contribution < -0.4 is 4.72 Å². The lowest BCUT2D eigenvalue weighted by Gasteiger charge is -2.02. The highest BCUT2D eigenvalue weighted by Crippen LogP contribution is 2.28. The Labute approximate surface area is 141 Å². The van der Waals surface area contributed by atoms with Gasteiger partial charge in [0, 0.05) is 22.0 Å². The maximum atomic E-state index is 11.4. The van der Waals surface area contributed by atoms with Gasteiger partial charge in [0.1, 0.15) is 9.67 Å². The average molecular weight is 410 g/mol. The molecular formula is C13H14BrClN2O2S2. The standard InChI is InChI=1S/C13H14BrClN2O2S2/c1-9-12(6-7-16-21(18,19)8-14)20-13(17-9)10-2-4-11(15)5-3-10/h2-5,16H,6-8H2,1H3. The van der Waals surface area contributed by atoms with E-state index in [1.54, 1.807) is 11.3 Å². The second-order valence-corrected chi connectivity index (χ2v) is 9.03. The summed E-state index contributed by atoms with van der Waals surface area (Å²) in [6.07, 6.45) is 0.628. The minimum atomic E-state index is -3.22. The molecule has 2 aromatic rings. The molecule has 0 amide bonds. The minimum absolute atomic E-state index is 0.0856. The highest BCUT2D eigenvalue weighted by atomic mass is 79.9. The van der Waals surface area contributed by atoms with Gasteiger partial charge >= 0.3 is 0 Å². The molecule has 0 spiro atoms. The zero-order chi connectivity index (χ0) is 15.5. The van der Waals surface area contributed by atoms with Crippen molar-refractivity contribution >= 4 is 48.9 Å². The number of aromatic nitrogens is 1. The molecule has 1 heterocycles. The third-order valence-electron chi connectivity index (χ3n) is 2.80. The Kier molecular flexibility index (Phi) is 5.79. The molecule has 0 fully saturated rings. The molecule has 0 atom stereocenters. The van der Waals surface area contributed by atoms with E-state index < -0.39 is 10.0 Å². The molecule has 1 aromatic heterocycles. The van der Waals surface area contributed by atoms with E-state index in [0.29, 0.717) is 18.0 Å². The van der Waals surface area contributed by atoms with E-state index in [4.69, 9.17) is 11.6 Å². The summed E-state index contributed by atoms with van der Waals surface area (Å²) in [7, 11) is -3.22. The topological polar surface area (TPSA) is 59.1 Å². The molecule has 0 radical (unpaired) electrons. The lowest BCUT2D eigenvalue weighted by atomic mass is 10.2. The van der Waals surface area contributed by atoms with Crippen molar-refractivity contribution in [3.63, 3.8) is 0 Å². The van der Waals surface area contributed by atoms with Gasteiger partial charge < -0.3 is 0 Å². The van der Waals surface area contributed by atoms with Crippen molar-refractivity contribution in [3.05, 3.63) is 39.9 Å². The quantitative estimate of drug-likeness (QED) is 0.742. The monoisotopic (exact) mass is 408 g/mol. The molecule has 2 rings (SSSR count). The molecule has 1 N–H and O–H groups in total. The Morgan fingerprint density at radius 1 is 1.33 bits per heavy atom. The Balaban J connectivity index is 2.07. The van der Waals surface area contributed by atoms with Crippen LogP contribution in [-0.2, 0) is 16.4 Å². The smallest absolute Gasteiger partial charge is 0.221 e. The second kappa shape index (κ2) is 7.19. The molecule has 0 saturated carbocycles. The number of rotatable bonds is 6. The molecule has 4 nitrogen and oxygen atoms in total. The zero-order valence-corrected chi connectivity index (χ0v) is 15.2. The number of benzene rings is 1. The summed E-state index contributed by atoms with van der Waals surface area (Å²) < 4.78 is 25.1. The molecule has 0 bridgehead atoms. The molecule has 114 valence electrons. The summed E-state index contributed by atoms with van der Waals surface area (Å²) in [4.78, 5) is 5.62. The fourth-order valence-corrected chi connectivity index (χ4v) is 3.90. The molecule has 21 heavy (non-hydrogen) atoms. The van der Waals surface area contributed by atoms with Crippen LogP contribution in [0.25, 0.3) is 10.6 Å². The van der Waals surface area contributed by atoms with Crippen LogP contribution in [0.3, 0.4) is 0 Å². The van der Waals surface area contributed by atoms with Gasteiger partial charge in [-0.2, -0.15) is 0 Å². The van der Waals surface area contributed by atoms with Gasteiger partial charge in [-0.1, -0.05) is 39.7 Å². The van der Waals surface area contributed by atoms with E-state index in [2.05, 4.69) is 25.6 Å². The van der Waals surface area contributed by atoms with E-state index in [-0.39, 0.29) is 4.66 Å². The summed E-state index contributed by atoms with van der Waals surface area (Å²) in [5, 5.41) is 1.61. The molecule has 0 unspecified atom stereocenters. The summed E-state index contributed by atoms with van der Waals surface area (Å²) in [5.74, 6) is 0. The van der Waals surface area contributed by atoms with Gasteiger partial charge in [-0.25, -0.2) is 18.1 Å². The fraction of sp³-hybridized carbons (Fsp3) is 0.308. The SMILES string of the molecule is Cc1nc(-c2ccc(Cl)cc2)sc1CCNS(=O)(=O)CBr. The molecule has 0 aliphatic carbocycles. The number of alkyl halides is 1. The van der Waals surface area contributed by atoms with Crippen molar-refractivity contribution in [3.8, 4) is 10.6 Å². The molecule has 0 saturated heterocycles. The summed E-state index contributed by atoms with van der Waals surface area (Å²) >= 11 is 10.4. The van der Waals surface area contributed by atoms with Gasteiger partial charge in [-0.05, 0) is 25.5 Å². The minimum Gasteiger partial charge on any atom is -0.241 e. The number of aryl methyl sites for hydroxylation is 1. The number of hydrogen-bond donors (Lipinski definition) is 1. The Morgan fingerprint density at radius 3 is 2.62 bits per heavy atom. The first-order valence-corrected chi connectivity index (χ1v) is 10.1. The third kappa shape index (κ3) is 4.75. The van der Waals surface area contributed by atoms with Crippen LogP contribution in [0.4, 0.5) is 0 Å². The number of hydrogen-bond acceptors (Lipinski definition) is 4. The predicted octanol–water partition coefficient (Wildman–Crippen LogP) is 3.59. The second-order valence-electron chi connectivity index (χ2n) is 4.40. The van der Waals surface area contributed by atoms with Gasteiger partial charge in [0.05, 0.1) is 5.69 Å². The highest BCUT2D eigenvalue weighted by Gasteiger charge is 2.11. The van der Waals surface area contributed by atoms with Gasteiger partial charge in [0.2, 0.25) is 10.0 Å². The molecule has 8 heteroatoms. The summed E-state index contributed by atoms with van der Waals surface area (Å²) in [5.41, 5.74) is 1.95. The van der Waals surface area contributed by atoms with Crippen LogP contribution in [-0.4, -0.2) is 24.6 Å². The van der Waals surface area contributed by atoms with Crippen molar-refractivity contribution in [2.24, 2.45) is 0 Å². The normalized spacial score (nSPS) is 11.8. The van der Waals surface area contributed by atoms with Gasteiger partial charge in [0.25, 0.3) is 0 Å². The van der Waals surface area contributed by atoms with Crippen LogP contribution in [0, 0.1) is 6.92 Å². The van der Waals surface area contributed by atoms with Crippen molar-refractivity contribution in [2.45, 2.75) is 13.3 Å². The third-order valence-corrected chi connectivity index (χ3v) is 7.06. The highest BCUT2D eigenvalue weighted by molar-refractivity contribution is 9.10. The van der Waals surface area contributed by atoms with Crippen molar-refractivity contribution in [1.82, 2.24) is 9.71 Å². The zero-order valence-electron chi connectivity index (χ0n) is 11.3. The largest absolute Gasteiger partial charge is 0.241 e. The van der Waals surface area contributed by atoms with E-state index >= 15 is 0 Å². The average Bonchev–Trinajstić information content (AvgIpc) is 2.81. The van der Waals surface area contributed by atoms with Crippen LogP contribution in [0.5, 0.6) is 0 Å². The Morgan fingerprint density at radius 2 is 2.00 bits per heavy atom. The van der Waals surface area contributed by atoms with Crippen LogP contribution in [0.15, 0.2) is 24.3 Å². The van der Waals surface area contributed by atoms with Gasteiger partial charge in [-0.3, -0.25) is 0 Å². The van der Waals surface area contributed by atoms with Crippen LogP contribution in [0.1, 0.15) is 10.6 Å². The van der Waals surface area contributed by atoms with E-state index in [1.807, 2.05) is 31.2 Å². The maximum Gasteiger partial charge on any atom is 0.221 e. The van der Waals surface area contributed by atoms with Crippen molar-refractivity contribution in [1.29, 1.82) is 0 Å². The fourth-order valence-electron chi connectivity index (χ4n) is 1.73. The lowest BCUT2D eigenvalue weighted by molar-refractivity contribution is 0.587. The number of nitrogens with one attached hydrogen (secondary N) is 1. The van der Waals surface area contributed by atoms with E-state index in [9.17, 15) is 8.42 Å². The van der Waals surface area contributed by atoms with Crippen molar-refractivity contribution in [2.75, 3.05) is 11.2 Å². The van der Waals surface area contributed by atoms with Crippen LogP contribution >= 0.6 is 38.9 Å². The molecule has 0 aliphatic rings. The number of thiazole rings is 1. The number of halogens is 2. The van der Waals surface area contributed by atoms with Gasteiger partial charge in [-0.15, -0.1) is 11.3 Å². The van der Waals surface area contributed by atoms with E-state index in [0.717, 1.165) is 21.1 Å². The Bertz CT molecular complexity index is 714.